The van der Waals surface area contributed by atoms with Crippen LogP contribution in [0.1, 0.15) is 37.2 Å². The molecule has 1 aromatic heterocycles. The van der Waals surface area contributed by atoms with Crippen molar-refractivity contribution < 1.29 is 14.3 Å². The fourth-order valence-corrected chi connectivity index (χ4v) is 2.43. The number of methoxy groups -OCH3 is 1. The number of carbonyl (C=O) groups is 1. The van der Waals surface area contributed by atoms with Crippen LogP contribution in [0.2, 0.25) is 0 Å². The van der Waals surface area contributed by atoms with Gasteiger partial charge in [-0.15, -0.1) is 0 Å². The third kappa shape index (κ3) is 3.07. The van der Waals surface area contributed by atoms with Crippen LogP contribution >= 0.6 is 0 Å². The summed E-state index contributed by atoms with van der Waals surface area (Å²) in [6.45, 7) is 3.49. The maximum atomic E-state index is 12.1. The van der Waals surface area contributed by atoms with Crippen molar-refractivity contribution in [1.82, 2.24) is 14.9 Å². The number of aromatic nitrogens is 2. The van der Waals surface area contributed by atoms with Gasteiger partial charge in [0.2, 0.25) is 0 Å². The summed E-state index contributed by atoms with van der Waals surface area (Å²) >= 11 is 0. The number of carbonyl (C=O) groups excluding carboxylic acids is 1. The van der Waals surface area contributed by atoms with Gasteiger partial charge in [-0.1, -0.05) is 13.3 Å². The van der Waals surface area contributed by atoms with Crippen LogP contribution in [0.3, 0.4) is 0 Å². The molecule has 106 valence electrons. The summed E-state index contributed by atoms with van der Waals surface area (Å²) in [5.74, 6) is 0. The van der Waals surface area contributed by atoms with Crippen LogP contribution in [0.15, 0.2) is 6.33 Å². The van der Waals surface area contributed by atoms with Crippen LogP contribution < -0.4 is 0 Å². The van der Waals surface area contributed by atoms with E-state index in [-0.39, 0.29) is 18.7 Å². The van der Waals surface area contributed by atoms with Crippen molar-refractivity contribution in [2.75, 3.05) is 26.9 Å². The highest BCUT2D eigenvalue weighted by Gasteiger charge is 2.32. The van der Waals surface area contributed by atoms with Gasteiger partial charge in [-0.25, -0.2) is 9.78 Å². The van der Waals surface area contributed by atoms with Crippen molar-refractivity contribution in [2.45, 2.75) is 32.2 Å². The predicted octanol–water partition coefficient (Wildman–Crippen LogP) is 1.89. The monoisotopic (exact) mass is 267 g/mol. The molecule has 1 atom stereocenters. The van der Waals surface area contributed by atoms with E-state index in [9.17, 15) is 4.79 Å². The van der Waals surface area contributed by atoms with E-state index in [0.717, 1.165) is 30.7 Å². The lowest BCUT2D eigenvalue weighted by molar-refractivity contribution is 0.0565. The van der Waals surface area contributed by atoms with Crippen LogP contribution in [-0.2, 0) is 15.9 Å². The first-order chi connectivity index (χ1) is 9.27. The number of H-pyrrole nitrogens is 1. The number of imidazole rings is 1. The molecule has 1 unspecified atom stereocenters. The molecule has 2 rings (SSSR count). The molecule has 19 heavy (non-hydrogen) atoms. The highest BCUT2D eigenvalue weighted by atomic mass is 16.6. The largest absolute Gasteiger partial charge is 0.447 e. The molecule has 0 saturated heterocycles. The molecule has 1 N–H and O–H groups in total. The second kappa shape index (κ2) is 6.56. The van der Waals surface area contributed by atoms with E-state index in [4.69, 9.17) is 9.47 Å². The molecule has 1 amide bonds. The topological polar surface area (TPSA) is 67.5 Å². The van der Waals surface area contributed by atoms with Gasteiger partial charge in [-0.05, 0) is 6.42 Å². The zero-order valence-corrected chi connectivity index (χ0v) is 11.5. The van der Waals surface area contributed by atoms with E-state index in [1.54, 1.807) is 18.3 Å². The van der Waals surface area contributed by atoms with Gasteiger partial charge >= 0.3 is 6.09 Å². The van der Waals surface area contributed by atoms with Crippen molar-refractivity contribution in [2.24, 2.45) is 0 Å². The second-order valence-electron chi connectivity index (χ2n) is 4.62. The van der Waals surface area contributed by atoms with E-state index >= 15 is 0 Å². The maximum absolute atomic E-state index is 12.1. The Morgan fingerprint density at radius 3 is 3.16 bits per heavy atom. The minimum absolute atomic E-state index is 0.0232. The fourth-order valence-electron chi connectivity index (χ4n) is 2.43. The molecular formula is C13H21N3O3. The third-order valence-electron chi connectivity index (χ3n) is 3.36. The molecule has 1 aliphatic heterocycles. The van der Waals surface area contributed by atoms with E-state index in [0.29, 0.717) is 13.2 Å². The normalized spacial score (nSPS) is 18.2. The van der Waals surface area contributed by atoms with Crippen molar-refractivity contribution >= 4 is 6.09 Å². The molecular weight excluding hydrogens is 246 g/mol. The summed E-state index contributed by atoms with van der Waals surface area (Å²) < 4.78 is 10.1. The molecule has 0 radical (unpaired) electrons. The zero-order chi connectivity index (χ0) is 13.7. The lowest BCUT2D eigenvalue weighted by atomic mass is 9.99. The van der Waals surface area contributed by atoms with Gasteiger partial charge in [0.1, 0.15) is 6.61 Å². The standard InChI is InChI=1S/C13H21N3O3/c1-3-4-11-12-10(14-9-15-12)5-6-16(11)13(17)19-8-7-18-2/h9,11H,3-8H2,1-2H3,(H,14,15). The Labute approximate surface area is 113 Å². The molecule has 0 fully saturated rings. The summed E-state index contributed by atoms with van der Waals surface area (Å²) in [7, 11) is 1.59. The van der Waals surface area contributed by atoms with E-state index in [2.05, 4.69) is 16.9 Å². The molecule has 1 aliphatic rings. The number of hydrogen-bond donors (Lipinski definition) is 1. The average Bonchev–Trinajstić information content (AvgIpc) is 2.88. The molecule has 0 spiro atoms. The van der Waals surface area contributed by atoms with Gasteiger partial charge in [-0.3, -0.25) is 4.90 Å². The molecule has 2 heterocycles. The minimum Gasteiger partial charge on any atom is -0.447 e. The number of fused-ring (bicyclic) bond motifs is 1. The smallest absolute Gasteiger partial charge is 0.410 e. The number of ether oxygens (including phenoxy) is 2. The average molecular weight is 267 g/mol. The van der Waals surface area contributed by atoms with Crippen LogP contribution in [0, 0.1) is 0 Å². The van der Waals surface area contributed by atoms with Gasteiger partial charge in [-0.2, -0.15) is 0 Å². The summed E-state index contributed by atoms with van der Waals surface area (Å²) in [6.07, 6.45) is 4.13. The Morgan fingerprint density at radius 1 is 1.58 bits per heavy atom. The summed E-state index contributed by atoms with van der Waals surface area (Å²) in [5.41, 5.74) is 2.12. The van der Waals surface area contributed by atoms with E-state index in [1.165, 1.54) is 0 Å². The van der Waals surface area contributed by atoms with Gasteiger partial charge in [0, 0.05) is 25.8 Å². The third-order valence-corrected chi connectivity index (χ3v) is 3.36. The molecule has 1 aromatic rings. The Bertz CT molecular complexity index is 419. The Morgan fingerprint density at radius 2 is 2.42 bits per heavy atom. The number of nitrogens with zero attached hydrogens (tertiary/aromatic N) is 2. The number of rotatable bonds is 5. The molecule has 6 heteroatoms. The Kier molecular flexibility index (Phi) is 4.79. The summed E-state index contributed by atoms with van der Waals surface area (Å²) in [4.78, 5) is 21.4. The van der Waals surface area contributed by atoms with Crippen LogP contribution in [0.5, 0.6) is 0 Å². The van der Waals surface area contributed by atoms with E-state index < -0.39 is 0 Å². The number of aromatic amines is 1. The zero-order valence-electron chi connectivity index (χ0n) is 11.5. The van der Waals surface area contributed by atoms with Crippen LogP contribution in [0.4, 0.5) is 4.79 Å². The fraction of sp³-hybridized carbons (Fsp3) is 0.692. The van der Waals surface area contributed by atoms with Crippen LogP contribution in [0.25, 0.3) is 0 Å². The van der Waals surface area contributed by atoms with Gasteiger partial charge in [0.25, 0.3) is 0 Å². The molecule has 6 nitrogen and oxygen atoms in total. The Hall–Kier alpha value is -1.56. The first-order valence-corrected chi connectivity index (χ1v) is 6.72. The SMILES string of the molecule is CCCC1c2nc[nH]c2CCN1C(=O)OCCOC. The van der Waals surface area contributed by atoms with Crippen molar-refractivity contribution in [1.29, 1.82) is 0 Å². The van der Waals surface area contributed by atoms with Crippen molar-refractivity contribution in [3.8, 4) is 0 Å². The Balaban J connectivity index is 2.05. The maximum Gasteiger partial charge on any atom is 0.410 e. The minimum atomic E-state index is -0.274. The predicted molar refractivity (Wildman–Crippen MR) is 69.9 cm³/mol. The molecule has 0 aliphatic carbocycles. The highest BCUT2D eigenvalue weighted by molar-refractivity contribution is 5.68. The highest BCUT2D eigenvalue weighted by Crippen LogP contribution is 2.31. The van der Waals surface area contributed by atoms with Gasteiger partial charge in [0.05, 0.1) is 24.7 Å². The first kappa shape index (κ1) is 13.9. The lowest BCUT2D eigenvalue weighted by Gasteiger charge is -2.34. The quantitative estimate of drug-likeness (QED) is 0.827. The molecule has 0 bridgehead atoms. The van der Waals surface area contributed by atoms with Crippen LogP contribution in [-0.4, -0.2) is 47.8 Å². The summed E-state index contributed by atoms with van der Waals surface area (Å²) in [5, 5.41) is 0. The lowest BCUT2D eigenvalue weighted by Crippen LogP contribution is -2.40. The molecule has 0 saturated carbocycles. The van der Waals surface area contributed by atoms with Crippen molar-refractivity contribution in [3.05, 3.63) is 17.7 Å². The van der Waals surface area contributed by atoms with Crippen molar-refractivity contribution in [3.63, 3.8) is 0 Å². The first-order valence-electron chi connectivity index (χ1n) is 6.72. The van der Waals surface area contributed by atoms with E-state index in [1.807, 2.05) is 0 Å². The number of nitrogens with one attached hydrogen (secondary N) is 1. The number of hydrogen-bond acceptors (Lipinski definition) is 4. The van der Waals surface area contributed by atoms with Gasteiger partial charge in [0.15, 0.2) is 0 Å². The number of amides is 1. The van der Waals surface area contributed by atoms with Gasteiger partial charge < -0.3 is 14.5 Å². The molecule has 0 aromatic carbocycles. The second-order valence-corrected chi connectivity index (χ2v) is 4.62. The summed E-state index contributed by atoms with van der Waals surface area (Å²) in [6, 6.07) is 0.0232.